The first-order valence-corrected chi connectivity index (χ1v) is 6.68. The second kappa shape index (κ2) is 6.91. The first-order valence-electron chi connectivity index (χ1n) is 6.68. The number of rotatable bonds is 5. The summed E-state index contributed by atoms with van der Waals surface area (Å²) in [7, 11) is 0. The number of nitrogens with one attached hydrogen (secondary N) is 1. The van der Waals surface area contributed by atoms with Crippen molar-refractivity contribution in [3.63, 3.8) is 0 Å². The zero-order valence-electron chi connectivity index (χ0n) is 11.3. The van der Waals surface area contributed by atoms with Crippen molar-refractivity contribution in [1.29, 1.82) is 0 Å². The van der Waals surface area contributed by atoms with E-state index in [0.29, 0.717) is 24.3 Å². The van der Waals surface area contributed by atoms with Crippen molar-refractivity contribution in [3.05, 3.63) is 29.8 Å². The Morgan fingerprint density at radius 1 is 1.20 bits per heavy atom. The van der Waals surface area contributed by atoms with Crippen molar-refractivity contribution in [2.75, 3.05) is 32.8 Å². The summed E-state index contributed by atoms with van der Waals surface area (Å²) < 4.78 is 5.49. The van der Waals surface area contributed by atoms with Crippen LogP contribution in [-0.4, -0.2) is 49.5 Å². The molecule has 2 amide bonds. The highest BCUT2D eigenvalue weighted by Crippen LogP contribution is 2.12. The lowest BCUT2D eigenvalue weighted by Crippen LogP contribution is -2.46. The fourth-order valence-electron chi connectivity index (χ4n) is 2.04. The van der Waals surface area contributed by atoms with Gasteiger partial charge in [0, 0.05) is 31.7 Å². The van der Waals surface area contributed by atoms with E-state index in [4.69, 9.17) is 10.5 Å². The van der Waals surface area contributed by atoms with E-state index in [0.717, 1.165) is 26.2 Å². The minimum atomic E-state index is -0.467. The number of amides is 2. The molecular formula is C14H19N3O3. The van der Waals surface area contributed by atoms with Crippen molar-refractivity contribution in [3.8, 4) is 5.75 Å². The summed E-state index contributed by atoms with van der Waals surface area (Å²) in [5, 5.41) is 3.20. The number of nitrogens with zero attached hydrogens (tertiary/aromatic N) is 1. The smallest absolute Gasteiger partial charge is 0.248 e. The van der Waals surface area contributed by atoms with E-state index in [-0.39, 0.29) is 5.91 Å². The Morgan fingerprint density at radius 3 is 2.45 bits per heavy atom. The Kier molecular flexibility index (Phi) is 4.95. The van der Waals surface area contributed by atoms with Crippen LogP contribution >= 0.6 is 0 Å². The summed E-state index contributed by atoms with van der Waals surface area (Å²) in [5.41, 5.74) is 5.59. The van der Waals surface area contributed by atoms with Gasteiger partial charge in [-0.3, -0.25) is 9.59 Å². The van der Waals surface area contributed by atoms with Gasteiger partial charge in [0.2, 0.25) is 11.8 Å². The monoisotopic (exact) mass is 277 g/mol. The van der Waals surface area contributed by atoms with Crippen LogP contribution in [0.4, 0.5) is 0 Å². The number of primary amides is 1. The molecule has 0 atom stereocenters. The van der Waals surface area contributed by atoms with Crippen LogP contribution in [-0.2, 0) is 4.79 Å². The van der Waals surface area contributed by atoms with Crippen molar-refractivity contribution >= 4 is 11.8 Å². The maximum Gasteiger partial charge on any atom is 0.248 e. The van der Waals surface area contributed by atoms with E-state index < -0.39 is 5.91 Å². The summed E-state index contributed by atoms with van der Waals surface area (Å²) in [6.45, 7) is 3.54. The zero-order chi connectivity index (χ0) is 14.4. The maximum absolute atomic E-state index is 11.9. The maximum atomic E-state index is 11.9. The number of hydrogen-bond acceptors (Lipinski definition) is 4. The Morgan fingerprint density at radius 2 is 1.85 bits per heavy atom. The molecule has 1 heterocycles. The lowest BCUT2D eigenvalue weighted by atomic mass is 10.2. The standard InChI is InChI=1S/C14H19N3O3/c15-14(19)11-1-3-12(4-2-11)20-10-5-13(18)17-8-6-16-7-9-17/h1-4,16H,5-10H2,(H2,15,19). The van der Waals surface area contributed by atoms with Gasteiger partial charge in [-0.15, -0.1) is 0 Å². The largest absolute Gasteiger partial charge is 0.493 e. The molecule has 0 bridgehead atoms. The van der Waals surface area contributed by atoms with Crippen molar-refractivity contribution < 1.29 is 14.3 Å². The lowest BCUT2D eigenvalue weighted by molar-refractivity contribution is -0.132. The van der Waals surface area contributed by atoms with Crippen LogP contribution in [0.15, 0.2) is 24.3 Å². The van der Waals surface area contributed by atoms with Crippen molar-refractivity contribution in [1.82, 2.24) is 10.2 Å². The molecule has 0 spiro atoms. The fraction of sp³-hybridized carbons (Fsp3) is 0.429. The third-order valence-electron chi connectivity index (χ3n) is 3.19. The molecule has 0 saturated carbocycles. The van der Waals surface area contributed by atoms with E-state index in [1.807, 2.05) is 4.90 Å². The molecule has 1 saturated heterocycles. The third-order valence-corrected chi connectivity index (χ3v) is 3.19. The second-order valence-electron chi connectivity index (χ2n) is 4.62. The molecule has 1 fully saturated rings. The van der Waals surface area contributed by atoms with Crippen LogP contribution in [0.25, 0.3) is 0 Å². The summed E-state index contributed by atoms with van der Waals surface area (Å²) in [6, 6.07) is 6.57. The van der Waals surface area contributed by atoms with Crippen LogP contribution in [0, 0.1) is 0 Å². The molecule has 0 unspecified atom stereocenters. The molecule has 1 aromatic carbocycles. The highest BCUT2D eigenvalue weighted by Gasteiger charge is 2.15. The first kappa shape index (κ1) is 14.3. The minimum Gasteiger partial charge on any atom is -0.493 e. The van der Waals surface area contributed by atoms with E-state index in [2.05, 4.69) is 5.32 Å². The summed E-state index contributed by atoms with van der Waals surface area (Å²) >= 11 is 0. The van der Waals surface area contributed by atoms with E-state index in [1.54, 1.807) is 24.3 Å². The molecular weight excluding hydrogens is 258 g/mol. The highest BCUT2D eigenvalue weighted by molar-refractivity contribution is 5.92. The van der Waals surface area contributed by atoms with Crippen molar-refractivity contribution in [2.45, 2.75) is 6.42 Å². The van der Waals surface area contributed by atoms with E-state index >= 15 is 0 Å². The fourth-order valence-corrected chi connectivity index (χ4v) is 2.04. The van der Waals surface area contributed by atoms with Crippen LogP contribution in [0.2, 0.25) is 0 Å². The number of carbonyl (C=O) groups excluding carboxylic acids is 2. The second-order valence-corrected chi connectivity index (χ2v) is 4.62. The summed E-state index contributed by atoms with van der Waals surface area (Å²) in [4.78, 5) is 24.6. The Hall–Kier alpha value is -2.08. The quantitative estimate of drug-likeness (QED) is 0.792. The average Bonchev–Trinajstić information content (AvgIpc) is 2.48. The number of benzene rings is 1. The normalized spacial score (nSPS) is 14.9. The van der Waals surface area contributed by atoms with E-state index in [9.17, 15) is 9.59 Å². The lowest BCUT2D eigenvalue weighted by Gasteiger charge is -2.27. The Balaban J connectivity index is 1.74. The molecule has 1 aliphatic heterocycles. The number of hydrogen-bond donors (Lipinski definition) is 2. The molecule has 0 radical (unpaired) electrons. The molecule has 0 aromatic heterocycles. The van der Waals surface area contributed by atoms with Gasteiger partial charge in [-0.2, -0.15) is 0 Å². The van der Waals surface area contributed by atoms with Crippen molar-refractivity contribution in [2.24, 2.45) is 5.73 Å². The number of piperazine rings is 1. The molecule has 0 aliphatic carbocycles. The molecule has 108 valence electrons. The van der Waals surface area contributed by atoms with Gasteiger partial charge in [0.15, 0.2) is 0 Å². The van der Waals surface area contributed by atoms with Gasteiger partial charge >= 0.3 is 0 Å². The Bertz CT molecular complexity index is 467. The molecule has 3 N–H and O–H groups in total. The summed E-state index contributed by atoms with van der Waals surface area (Å²) in [6.07, 6.45) is 0.359. The van der Waals surface area contributed by atoms with Crippen LogP contribution in [0.3, 0.4) is 0 Å². The van der Waals surface area contributed by atoms with Gasteiger partial charge in [0.05, 0.1) is 13.0 Å². The molecule has 6 heteroatoms. The molecule has 6 nitrogen and oxygen atoms in total. The molecule has 1 aliphatic rings. The van der Waals surface area contributed by atoms with Gasteiger partial charge in [-0.1, -0.05) is 0 Å². The topological polar surface area (TPSA) is 84.7 Å². The number of nitrogens with two attached hydrogens (primary N) is 1. The number of ether oxygens (including phenoxy) is 1. The molecule has 1 aromatic rings. The van der Waals surface area contributed by atoms with Gasteiger partial charge in [0.25, 0.3) is 0 Å². The van der Waals surface area contributed by atoms with Crippen LogP contribution < -0.4 is 15.8 Å². The molecule has 2 rings (SSSR count). The third kappa shape index (κ3) is 3.96. The number of carbonyl (C=O) groups is 2. The predicted molar refractivity (Wildman–Crippen MR) is 74.5 cm³/mol. The van der Waals surface area contributed by atoms with Gasteiger partial charge < -0.3 is 20.7 Å². The predicted octanol–water partition coefficient (Wildman–Crippen LogP) is -0.0138. The minimum absolute atomic E-state index is 0.111. The zero-order valence-corrected chi connectivity index (χ0v) is 11.3. The highest BCUT2D eigenvalue weighted by atomic mass is 16.5. The first-order chi connectivity index (χ1) is 9.66. The van der Waals surface area contributed by atoms with Crippen LogP contribution in [0.5, 0.6) is 5.75 Å². The SMILES string of the molecule is NC(=O)c1ccc(OCCC(=O)N2CCNCC2)cc1. The molecule has 20 heavy (non-hydrogen) atoms. The van der Waals surface area contributed by atoms with Gasteiger partial charge in [-0.25, -0.2) is 0 Å². The van der Waals surface area contributed by atoms with Gasteiger partial charge in [-0.05, 0) is 24.3 Å². The van der Waals surface area contributed by atoms with Gasteiger partial charge in [0.1, 0.15) is 5.75 Å². The van der Waals surface area contributed by atoms with Crippen LogP contribution in [0.1, 0.15) is 16.8 Å². The average molecular weight is 277 g/mol. The summed E-state index contributed by atoms with van der Waals surface area (Å²) in [5.74, 6) is 0.272. The van der Waals surface area contributed by atoms with E-state index in [1.165, 1.54) is 0 Å². The Labute approximate surface area is 117 Å².